The molecule has 32 heavy (non-hydrogen) atoms. The van der Waals surface area contributed by atoms with Crippen LogP contribution in [-0.2, 0) is 0 Å². The SMILES string of the molecule is O=[N+]([O-])c1ccc(N2CCC(c3ncnc4c3ncn4[C@@H]3C[C@@H](O)[C@@H](O)[C@H]3O)CC2)cc1. The number of rotatable bonds is 4. The minimum absolute atomic E-state index is 0.0787. The van der Waals surface area contributed by atoms with Gasteiger partial charge in [0.1, 0.15) is 24.1 Å². The summed E-state index contributed by atoms with van der Waals surface area (Å²) in [4.78, 5) is 26.0. The fourth-order valence-corrected chi connectivity index (χ4v) is 4.87. The lowest BCUT2D eigenvalue weighted by Gasteiger charge is -2.33. The summed E-state index contributed by atoms with van der Waals surface area (Å²) in [5.74, 6) is 0.183. The van der Waals surface area contributed by atoms with Gasteiger partial charge in [-0.25, -0.2) is 15.0 Å². The van der Waals surface area contributed by atoms with E-state index in [0.29, 0.717) is 11.2 Å². The average Bonchev–Trinajstić information content (AvgIpc) is 3.35. The van der Waals surface area contributed by atoms with Gasteiger partial charge in [0.25, 0.3) is 5.69 Å². The standard InChI is InChI=1S/C21H24N6O5/c28-16-9-15(19(29)20(16)30)26-11-24-18-17(22-10-23-21(18)26)12-5-7-25(8-6-12)13-1-3-14(4-2-13)27(31)32/h1-4,10-12,15-16,19-20,28-30H,5-9H2/t15-,16-,19+,20-/m1/s1. The fourth-order valence-electron chi connectivity index (χ4n) is 4.87. The van der Waals surface area contributed by atoms with Crippen LogP contribution in [0.2, 0.25) is 0 Å². The van der Waals surface area contributed by atoms with Gasteiger partial charge in [-0.2, -0.15) is 0 Å². The Morgan fingerprint density at radius 1 is 1.00 bits per heavy atom. The molecule has 2 fully saturated rings. The lowest BCUT2D eigenvalue weighted by molar-refractivity contribution is -0.384. The molecule has 3 heterocycles. The molecule has 11 heteroatoms. The highest BCUT2D eigenvalue weighted by atomic mass is 16.6. The lowest BCUT2D eigenvalue weighted by atomic mass is 9.92. The molecule has 1 aliphatic heterocycles. The zero-order chi connectivity index (χ0) is 22.4. The van der Waals surface area contributed by atoms with Gasteiger partial charge in [-0.1, -0.05) is 0 Å². The van der Waals surface area contributed by atoms with Crippen LogP contribution in [-0.4, -0.2) is 71.2 Å². The third kappa shape index (κ3) is 3.48. The van der Waals surface area contributed by atoms with Crippen LogP contribution in [0.3, 0.4) is 0 Å². The van der Waals surface area contributed by atoms with Crippen molar-refractivity contribution in [1.29, 1.82) is 0 Å². The summed E-state index contributed by atoms with van der Waals surface area (Å²) >= 11 is 0. The monoisotopic (exact) mass is 440 g/mol. The van der Waals surface area contributed by atoms with E-state index in [1.807, 2.05) is 0 Å². The van der Waals surface area contributed by atoms with Crippen molar-refractivity contribution in [3.63, 3.8) is 0 Å². The molecule has 2 aromatic heterocycles. The first kappa shape index (κ1) is 20.7. The number of benzene rings is 1. The van der Waals surface area contributed by atoms with Crippen molar-refractivity contribution in [2.75, 3.05) is 18.0 Å². The maximum atomic E-state index is 10.9. The van der Waals surface area contributed by atoms with Crippen LogP contribution in [0.15, 0.2) is 36.9 Å². The molecule has 1 aromatic carbocycles. The van der Waals surface area contributed by atoms with E-state index in [0.717, 1.165) is 37.3 Å². The quantitative estimate of drug-likeness (QED) is 0.401. The molecule has 1 aliphatic carbocycles. The van der Waals surface area contributed by atoms with Crippen LogP contribution in [0.5, 0.6) is 0 Å². The highest BCUT2D eigenvalue weighted by Gasteiger charge is 2.42. The summed E-state index contributed by atoms with van der Waals surface area (Å²) in [6.45, 7) is 1.57. The average molecular weight is 440 g/mol. The molecule has 168 valence electrons. The predicted octanol–water partition coefficient (Wildman–Crippen LogP) is 1.15. The number of aliphatic hydroxyl groups excluding tert-OH is 3. The van der Waals surface area contributed by atoms with Gasteiger partial charge in [0, 0.05) is 36.8 Å². The normalized spacial score (nSPS) is 26.7. The maximum Gasteiger partial charge on any atom is 0.269 e. The Kier molecular flexibility index (Phi) is 5.24. The molecule has 0 bridgehead atoms. The van der Waals surface area contributed by atoms with Gasteiger partial charge in [-0.15, -0.1) is 0 Å². The van der Waals surface area contributed by atoms with Gasteiger partial charge in [-0.3, -0.25) is 10.1 Å². The molecule has 0 amide bonds. The van der Waals surface area contributed by atoms with E-state index >= 15 is 0 Å². The van der Waals surface area contributed by atoms with Crippen molar-refractivity contribution in [3.8, 4) is 0 Å². The van der Waals surface area contributed by atoms with E-state index in [-0.39, 0.29) is 18.0 Å². The summed E-state index contributed by atoms with van der Waals surface area (Å²) < 4.78 is 1.72. The number of non-ortho nitro benzene ring substituents is 1. The Bertz CT molecular complexity index is 1130. The molecular weight excluding hydrogens is 416 g/mol. The van der Waals surface area contributed by atoms with Crippen LogP contribution in [0.25, 0.3) is 11.2 Å². The molecule has 1 saturated heterocycles. The van der Waals surface area contributed by atoms with E-state index in [1.165, 1.54) is 18.5 Å². The van der Waals surface area contributed by atoms with Crippen LogP contribution >= 0.6 is 0 Å². The van der Waals surface area contributed by atoms with Gasteiger partial charge in [0.05, 0.1) is 29.1 Å². The molecule has 2 aliphatic rings. The van der Waals surface area contributed by atoms with Crippen LogP contribution < -0.4 is 4.90 Å². The highest BCUT2D eigenvalue weighted by molar-refractivity contribution is 5.74. The Labute approximate surface area is 183 Å². The number of piperidine rings is 1. The van der Waals surface area contributed by atoms with E-state index in [9.17, 15) is 25.4 Å². The largest absolute Gasteiger partial charge is 0.390 e. The molecule has 0 spiro atoms. The maximum absolute atomic E-state index is 10.9. The number of hydrogen-bond donors (Lipinski definition) is 3. The summed E-state index contributed by atoms with van der Waals surface area (Å²) in [6.07, 6.45) is 1.73. The van der Waals surface area contributed by atoms with Gasteiger partial charge in [0.2, 0.25) is 0 Å². The van der Waals surface area contributed by atoms with Crippen molar-refractivity contribution >= 4 is 22.5 Å². The molecule has 0 radical (unpaired) electrons. The number of hydrogen-bond acceptors (Lipinski definition) is 9. The smallest absolute Gasteiger partial charge is 0.269 e. The first-order valence-electron chi connectivity index (χ1n) is 10.6. The van der Waals surface area contributed by atoms with Crippen molar-refractivity contribution in [1.82, 2.24) is 19.5 Å². The van der Waals surface area contributed by atoms with Crippen molar-refractivity contribution in [2.24, 2.45) is 0 Å². The number of aromatic nitrogens is 4. The first-order chi connectivity index (χ1) is 15.4. The van der Waals surface area contributed by atoms with Gasteiger partial charge >= 0.3 is 0 Å². The molecule has 3 aromatic rings. The second-order valence-corrected chi connectivity index (χ2v) is 8.47. The second kappa shape index (κ2) is 8.08. The molecule has 0 unspecified atom stereocenters. The molecule has 1 saturated carbocycles. The van der Waals surface area contributed by atoms with Crippen molar-refractivity contribution in [3.05, 3.63) is 52.7 Å². The van der Waals surface area contributed by atoms with E-state index < -0.39 is 29.3 Å². The van der Waals surface area contributed by atoms with Gasteiger partial charge < -0.3 is 24.8 Å². The molecule has 3 N–H and O–H groups in total. The summed E-state index contributed by atoms with van der Waals surface area (Å²) in [5, 5.41) is 41.0. The number of nitro benzene ring substituents is 1. The number of nitrogens with zero attached hydrogens (tertiary/aromatic N) is 6. The van der Waals surface area contributed by atoms with Crippen molar-refractivity contribution < 1.29 is 20.2 Å². The number of fused-ring (bicyclic) bond motifs is 1. The van der Waals surface area contributed by atoms with Crippen molar-refractivity contribution in [2.45, 2.75) is 49.5 Å². The van der Waals surface area contributed by atoms with Gasteiger partial charge in [-0.05, 0) is 31.4 Å². The zero-order valence-corrected chi connectivity index (χ0v) is 17.2. The van der Waals surface area contributed by atoms with Crippen LogP contribution in [0.1, 0.15) is 36.9 Å². The Balaban J connectivity index is 1.34. The minimum atomic E-state index is -1.19. The number of nitro groups is 1. The lowest BCUT2D eigenvalue weighted by Crippen LogP contribution is -2.33. The zero-order valence-electron chi connectivity index (χ0n) is 17.2. The topological polar surface area (TPSA) is 151 Å². The molecule has 5 rings (SSSR count). The Morgan fingerprint density at radius 2 is 1.72 bits per heavy atom. The van der Waals surface area contributed by atoms with E-state index in [4.69, 9.17) is 0 Å². The molecule has 4 atom stereocenters. The third-order valence-electron chi connectivity index (χ3n) is 6.67. The first-order valence-corrected chi connectivity index (χ1v) is 10.6. The number of anilines is 1. The fraction of sp³-hybridized carbons (Fsp3) is 0.476. The number of aliphatic hydroxyl groups is 3. The molecule has 11 nitrogen and oxygen atoms in total. The summed E-state index contributed by atoms with van der Waals surface area (Å²) in [7, 11) is 0. The highest BCUT2D eigenvalue weighted by Crippen LogP contribution is 2.36. The van der Waals surface area contributed by atoms with Gasteiger partial charge in [0.15, 0.2) is 5.65 Å². The third-order valence-corrected chi connectivity index (χ3v) is 6.67. The second-order valence-electron chi connectivity index (χ2n) is 8.47. The summed E-state index contributed by atoms with van der Waals surface area (Å²) in [6, 6.07) is 6.09. The van der Waals surface area contributed by atoms with Crippen LogP contribution in [0.4, 0.5) is 11.4 Å². The van der Waals surface area contributed by atoms with E-state index in [2.05, 4.69) is 19.9 Å². The molecular formula is C21H24N6O5. The minimum Gasteiger partial charge on any atom is -0.390 e. The Hall–Kier alpha value is -3.15. The Morgan fingerprint density at radius 3 is 2.34 bits per heavy atom. The van der Waals surface area contributed by atoms with E-state index in [1.54, 1.807) is 23.0 Å². The summed E-state index contributed by atoms with van der Waals surface area (Å²) in [5.41, 5.74) is 3.14. The predicted molar refractivity (Wildman–Crippen MR) is 114 cm³/mol. The van der Waals surface area contributed by atoms with Crippen LogP contribution in [0, 0.1) is 10.1 Å². The number of imidazole rings is 1.